The van der Waals surface area contributed by atoms with Crippen molar-refractivity contribution >= 4 is 28.8 Å². The Morgan fingerprint density at radius 1 is 1.18 bits per heavy atom. The summed E-state index contributed by atoms with van der Waals surface area (Å²) in [5, 5.41) is 9.61. The maximum atomic E-state index is 13.1. The molecule has 6 heteroatoms. The van der Waals surface area contributed by atoms with Gasteiger partial charge in [-0.25, -0.2) is 4.39 Å². The number of hydrogen-bond acceptors (Lipinski definition) is 4. The van der Waals surface area contributed by atoms with Gasteiger partial charge in [-0.2, -0.15) is 5.26 Å². The summed E-state index contributed by atoms with van der Waals surface area (Å²) in [7, 11) is 0. The SMILES string of the molecule is CCn1c(=O)/c(=C\c2ccc(C)cc2)s/c1=C(/C#N)C(=O)c1ccc(F)cc1. The van der Waals surface area contributed by atoms with Gasteiger partial charge in [0.05, 0.1) is 4.53 Å². The number of nitriles is 1. The van der Waals surface area contributed by atoms with E-state index in [1.54, 1.807) is 13.0 Å². The van der Waals surface area contributed by atoms with Crippen LogP contribution in [0.5, 0.6) is 0 Å². The highest BCUT2D eigenvalue weighted by Crippen LogP contribution is 2.10. The van der Waals surface area contributed by atoms with Crippen molar-refractivity contribution in [3.63, 3.8) is 0 Å². The minimum atomic E-state index is -0.534. The number of carbonyl (C=O) groups excluding carboxylic acids is 1. The summed E-state index contributed by atoms with van der Waals surface area (Å²) in [6, 6.07) is 14.6. The average Bonchev–Trinajstić information content (AvgIpc) is 3.00. The fraction of sp³-hybridized carbons (Fsp3) is 0.136. The Bertz CT molecular complexity index is 1240. The molecule has 0 fully saturated rings. The molecule has 4 nitrogen and oxygen atoms in total. The molecule has 3 rings (SSSR count). The van der Waals surface area contributed by atoms with Crippen LogP contribution < -0.4 is 14.8 Å². The largest absolute Gasteiger partial charge is 0.298 e. The number of hydrogen-bond donors (Lipinski definition) is 0. The zero-order valence-corrected chi connectivity index (χ0v) is 16.2. The minimum absolute atomic E-state index is 0.126. The van der Waals surface area contributed by atoms with E-state index in [-0.39, 0.29) is 16.7 Å². The first-order valence-corrected chi connectivity index (χ1v) is 9.49. The van der Waals surface area contributed by atoms with Crippen LogP contribution in [0, 0.1) is 24.1 Å². The maximum Gasteiger partial charge on any atom is 0.269 e. The van der Waals surface area contributed by atoms with Crippen LogP contribution >= 0.6 is 11.3 Å². The molecule has 0 aliphatic carbocycles. The summed E-state index contributed by atoms with van der Waals surface area (Å²) in [5.41, 5.74) is 1.80. The second kappa shape index (κ2) is 8.15. The molecule has 0 N–H and O–H groups in total. The summed E-state index contributed by atoms with van der Waals surface area (Å²) in [6.45, 7) is 4.09. The molecule has 1 heterocycles. The summed E-state index contributed by atoms with van der Waals surface area (Å²) < 4.78 is 15.3. The van der Waals surface area contributed by atoms with Gasteiger partial charge in [-0.05, 0) is 49.8 Å². The molecule has 0 atom stereocenters. The van der Waals surface area contributed by atoms with Crippen LogP contribution in [0.2, 0.25) is 0 Å². The molecule has 0 spiro atoms. The van der Waals surface area contributed by atoms with Crippen LogP contribution in [0.25, 0.3) is 11.6 Å². The van der Waals surface area contributed by atoms with E-state index in [0.29, 0.717) is 15.7 Å². The van der Waals surface area contributed by atoms with E-state index in [1.165, 1.54) is 28.8 Å². The fourth-order valence-corrected chi connectivity index (χ4v) is 3.91. The van der Waals surface area contributed by atoms with Crippen LogP contribution in [0.3, 0.4) is 0 Å². The Labute approximate surface area is 165 Å². The Morgan fingerprint density at radius 3 is 2.39 bits per heavy atom. The van der Waals surface area contributed by atoms with Crippen molar-refractivity contribution in [3.05, 3.63) is 90.6 Å². The number of carbonyl (C=O) groups is 1. The van der Waals surface area contributed by atoms with E-state index in [9.17, 15) is 19.2 Å². The second-order valence-electron chi connectivity index (χ2n) is 6.20. The van der Waals surface area contributed by atoms with Crippen molar-refractivity contribution in [1.82, 2.24) is 4.57 Å². The summed E-state index contributed by atoms with van der Waals surface area (Å²) in [4.78, 5) is 25.5. The van der Waals surface area contributed by atoms with Crippen molar-refractivity contribution in [3.8, 4) is 6.07 Å². The number of aromatic nitrogens is 1. The number of ketones is 1. The first kappa shape index (κ1) is 19.5. The molecule has 0 saturated carbocycles. The normalized spacial score (nSPS) is 12.6. The summed E-state index contributed by atoms with van der Waals surface area (Å²) in [5.74, 6) is -1.00. The van der Waals surface area contributed by atoms with Crippen molar-refractivity contribution in [2.24, 2.45) is 0 Å². The lowest BCUT2D eigenvalue weighted by Crippen LogP contribution is -2.32. The Morgan fingerprint density at radius 2 is 1.82 bits per heavy atom. The second-order valence-corrected chi connectivity index (χ2v) is 7.23. The molecule has 0 aliphatic rings. The molecule has 140 valence electrons. The van der Waals surface area contributed by atoms with Gasteiger partial charge in [0.15, 0.2) is 0 Å². The number of nitrogens with zero attached hydrogens (tertiary/aromatic N) is 2. The molecule has 0 aliphatic heterocycles. The van der Waals surface area contributed by atoms with Gasteiger partial charge in [-0.3, -0.25) is 14.2 Å². The van der Waals surface area contributed by atoms with Gasteiger partial charge in [0.2, 0.25) is 5.78 Å². The number of halogens is 1. The van der Waals surface area contributed by atoms with E-state index in [1.807, 2.05) is 37.3 Å². The highest BCUT2D eigenvalue weighted by Gasteiger charge is 2.17. The molecule has 28 heavy (non-hydrogen) atoms. The lowest BCUT2D eigenvalue weighted by molar-refractivity contribution is 0.105. The molecule has 1 aromatic heterocycles. The minimum Gasteiger partial charge on any atom is -0.298 e. The number of thiazole rings is 1. The monoisotopic (exact) mass is 392 g/mol. The van der Waals surface area contributed by atoms with Gasteiger partial charge in [0, 0.05) is 12.1 Å². The van der Waals surface area contributed by atoms with Gasteiger partial charge in [-0.15, -0.1) is 11.3 Å². The lowest BCUT2D eigenvalue weighted by atomic mass is 10.1. The fourth-order valence-electron chi connectivity index (χ4n) is 2.75. The zero-order valence-electron chi connectivity index (χ0n) is 15.4. The van der Waals surface area contributed by atoms with E-state index >= 15 is 0 Å². The van der Waals surface area contributed by atoms with Crippen molar-refractivity contribution in [2.75, 3.05) is 0 Å². The van der Waals surface area contributed by atoms with Gasteiger partial charge in [0.1, 0.15) is 22.1 Å². The van der Waals surface area contributed by atoms with Gasteiger partial charge in [0.25, 0.3) is 5.56 Å². The molecule has 0 radical (unpaired) electrons. The van der Waals surface area contributed by atoms with E-state index in [0.717, 1.165) is 22.5 Å². The smallest absolute Gasteiger partial charge is 0.269 e. The van der Waals surface area contributed by atoms with Crippen LogP contribution in [0.15, 0.2) is 53.3 Å². The van der Waals surface area contributed by atoms with E-state index in [4.69, 9.17) is 0 Å². The Hall–Kier alpha value is -3.30. The molecule has 0 bridgehead atoms. The van der Waals surface area contributed by atoms with Gasteiger partial charge in [-0.1, -0.05) is 29.8 Å². The van der Waals surface area contributed by atoms with Crippen LogP contribution in [0.1, 0.15) is 28.4 Å². The highest BCUT2D eigenvalue weighted by molar-refractivity contribution is 7.07. The Balaban J connectivity index is 2.23. The van der Waals surface area contributed by atoms with Crippen LogP contribution in [0.4, 0.5) is 4.39 Å². The summed E-state index contributed by atoms with van der Waals surface area (Å²) >= 11 is 1.11. The molecule has 0 unspecified atom stereocenters. The van der Waals surface area contributed by atoms with Crippen molar-refractivity contribution in [1.29, 1.82) is 5.26 Å². The van der Waals surface area contributed by atoms with Crippen molar-refractivity contribution < 1.29 is 9.18 Å². The van der Waals surface area contributed by atoms with Crippen LogP contribution in [-0.4, -0.2) is 10.4 Å². The molecule has 0 saturated heterocycles. The standard InChI is InChI=1S/C22H17FN2O2S/c1-3-25-21(27)19(12-15-6-4-14(2)5-7-15)28-22(25)18(13-24)20(26)16-8-10-17(23)11-9-16/h4-12H,3H2,1-2H3/b19-12+,22-18-. The van der Waals surface area contributed by atoms with Gasteiger partial charge >= 0.3 is 0 Å². The van der Waals surface area contributed by atoms with Gasteiger partial charge < -0.3 is 0 Å². The predicted molar refractivity (Wildman–Crippen MR) is 108 cm³/mol. The third-order valence-corrected chi connectivity index (χ3v) is 5.39. The average molecular weight is 392 g/mol. The predicted octanol–water partition coefficient (Wildman–Crippen LogP) is 2.76. The van der Waals surface area contributed by atoms with E-state index < -0.39 is 11.6 Å². The van der Waals surface area contributed by atoms with E-state index in [2.05, 4.69) is 0 Å². The highest BCUT2D eigenvalue weighted by atomic mass is 32.1. The number of Topliss-reactive ketones (excluding diaryl/α,β-unsaturated/α-hetero) is 1. The first-order valence-electron chi connectivity index (χ1n) is 8.67. The third-order valence-electron chi connectivity index (χ3n) is 4.26. The molecular weight excluding hydrogens is 375 g/mol. The summed E-state index contributed by atoms with van der Waals surface area (Å²) in [6.07, 6.45) is 1.75. The lowest BCUT2D eigenvalue weighted by Gasteiger charge is -2.00. The topological polar surface area (TPSA) is 62.9 Å². The zero-order chi connectivity index (χ0) is 20.3. The first-order chi connectivity index (χ1) is 13.4. The molecule has 2 aromatic carbocycles. The number of benzene rings is 2. The molecule has 3 aromatic rings. The number of aryl methyl sites for hydroxylation is 1. The molecule has 0 amide bonds. The maximum absolute atomic E-state index is 13.1. The van der Waals surface area contributed by atoms with Crippen LogP contribution in [-0.2, 0) is 6.54 Å². The third kappa shape index (κ3) is 3.85. The quantitative estimate of drug-likeness (QED) is 0.642. The number of rotatable bonds is 4. The Kier molecular flexibility index (Phi) is 5.67. The molecular formula is C22H17FN2O2S. The van der Waals surface area contributed by atoms with Crippen molar-refractivity contribution in [2.45, 2.75) is 20.4 Å².